The summed E-state index contributed by atoms with van der Waals surface area (Å²) in [4.78, 5) is 1.46. The van der Waals surface area contributed by atoms with Gasteiger partial charge in [-0.15, -0.1) is 0 Å². The Labute approximate surface area is 112 Å². The zero-order chi connectivity index (χ0) is 11.5. The maximum absolute atomic E-state index is 12.1. The lowest BCUT2D eigenvalue weighted by Gasteiger charge is -2.02. The Hall–Kier alpha value is -0.870. The topological polar surface area (TPSA) is 48.6 Å². The predicted octanol–water partition coefficient (Wildman–Crippen LogP) is 3.34. The van der Waals surface area contributed by atoms with E-state index in [0.717, 1.165) is 9.79 Å². The first-order chi connectivity index (χ1) is 7.66. The summed E-state index contributed by atoms with van der Waals surface area (Å²) in [5, 5.41) is 1.27. The first kappa shape index (κ1) is 14.2. The molecule has 2 aromatic carbocycles. The van der Waals surface area contributed by atoms with Crippen molar-refractivity contribution in [3.8, 4) is 0 Å². The molecule has 2 aromatic rings. The Bertz CT molecular complexity index is 462. The van der Waals surface area contributed by atoms with E-state index in [0.29, 0.717) is 10.0 Å². The average molecular weight is 289 g/mol. The molecule has 0 spiro atoms. The van der Waals surface area contributed by atoms with E-state index < -0.39 is 10.8 Å². The van der Waals surface area contributed by atoms with Gasteiger partial charge in [0.1, 0.15) is 0 Å². The van der Waals surface area contributed by atoms with Gasteiger partial charge in [0.15, 0.2) is 0 Å². The molecule has 0 aromatic heterocycles. The van der Waals surface area contributed by atoms with Gasteiger partial charge in [-0.25, -0.2) is 4.21 Å². The van der Waals surface area contributed by atoms with Crippen molar-refractivity contribution in [3.05, 3.63) is 58.6 Å². The molecule has 17 heavy (non-hydrogen) atoms. The van der Waals surface area contributed by atoms with Gasteiger partial charge in [0.25, 0.3) is 0 Å². The van der Waals surface area contributed by atoms with Gasteiger partial charge < -0.3 is 5.48 Å². The van der Waals surface area contributed by atoms with E-state index in [1.165, 1.54) is 0 Å². The lowest BCUT2D eigenvalue weighted by Crippen LogP contribution is -1.91. The van der Waals surface area contributed by atoms with Crippen LogP contribution in [0.2, 0.25) is 10.0 Å². The normalized spacial score (nSPS) is 10.1. The average Bonchev–Trinajstić information content (AvgIpc) is 2.30. The van der Waals surface area contributed by atoms with Crippen LogP contribution in [0.15, 0.2) is 58.3 Å². The number of hydrogen-bond acceptors (Lipinski definition) is 1. The molecule has 0 saturated carbocycles. The molecule has 2 N–H and O–H groups in total. The van der Waals surface area contributed by atoms with Crippen LogP contribution in [0.25, 0.3) is 0 Å². The minimum Gasteiger partial charge on any atom is -0.412 e. The third kappa shape index (κ3) is 3.54. The van der Waals surface area contributed by atoms with E-state index in [9.17, 15) is 4.21 Å². The Morgan fingerprint density at radius 1 is 0.706 bits per heavy atom. The SMILES string of the molecule is O.O=S(c1ccc(Cl)cc1)c1ccc(Cl)cc1. The number of hydrogen-bond donors (Lipinski definition) is 0. The fraction of sp³-hybridized carbons (Fsp3) is 0. The summed E-state index contributed by atoms with van der Waals surface area (Å²) in [6.45, 7) is 0. The number of rotatable bonds is 2. The summed E-state index contributed by atoms with van der Waals surface area (Å²) in [5.41, 5.74) is 0. The van der Waals surface area contributed by atoms with Gasteiger partial charge in [-0.3, -0.25) is 0 Å². The molecule has 0 atom stereocenters. The highest BCUT2D eigenvalue weighted by molar-refractivity contribution is 7.85. The van der Waals surface area contributed by atoms with Gasteiger partial charge in [-0.2, -0.15) is 0 Å². The van der Waals surface area contributed by atoms with Crippen LogP contribution in [0.1, 0.15) is 0 Å². The summed E-state index contributed by atoms with van der Waals surface area (Å²) in [6, 6.07) is 13.9. The molecule has 90 valence electrons. The molecule has 0 amide bonds. The van der Waals surface area contributed by atoms with E-state index in [1.807, 2.05) is 0 Å². The van der Waals surface area contributed by atoms with Crippen molar-refractivity contribution >= 4 is 34.0 Å². The largest absolute Gasteiger partial charge is 0.412 e. The standard InChI is InChI=1S/C12H8Cl2OS.H2O/c13-9-1-5-11(6-2-9)16(15)12-7-3-10(14)4-8-12;/h1-8H;1H2. The Kier molecular flexibility index (Phi) is 5.15. The van der Waals surface area contributed by atoms with Gasteiger partial charge in [-0.05, 0) is 48.5 Å². The predicted molar refractivity (Wildman–Crippen MR) is 71.2 cm³/mol. The quantitative estimate of drug-likeness (QED) is 0.836. The van der Waals surface area contributed by atoms with E-state index in [-0.39, 0.29) is 5.48 Å². The minimum absolute atomic E-state index is 0. The Morgan fingerprint density at radius 3 is 1.29 bits per heavy atom. The zero-order valence-electron chi connectivity index (χ0n) is 8.69. The van der Waals surface area contributed by atoms with Crippen molar-refractivity contribution in [1.82, 2.24) is 0 Å². The second kappa shape index (κ2) is 6.17. The summed E-state index contributed by atoms with van der Waals surface area (Å²) in [6.07, 6.45) is 0. The molecule has 2 rings (SSSR count). The molecular formula is C12H10Cl2O2S. The maximum atomic E-state index is 12.1. The highest BCUT2D eigenvalue weighted by Gasteiger charge is 2.06. The molecule has 0 bridgehead atoms. The molecular weight excluding hydrogens is 279 g/mol. The van der Waals surface area contributed by atoms with Crippen LogP contribution in [-0.2, 0) is 10.8 Å². The fourth-order valence-corrected chi connectivity index (χ4v) is 2.54. The van der Waals surface area contributed by atoms with E-state index in [4.69, 9.17) is 23.2 Å². The molecule has 0 heterocycles. The summed E-state index contributed by atoms with van der Waals surface area (Å²) < 4.78 is 12.1. The molecule has 0 aliphatic heterocycles. The van der Waals surface area contributed by atoms with Gasteiger partial charge >= 0.3 is 0 Å². The number of benzene rings is 2. The Balaban J connectivity index is 0.00000144. The smallest absolute Gasteiger partial charge is 0.0849 e. The molecule has 2 nitrogen and oxygen atoms in total. The fourth-order valence-electron chi connectivity index (χ4n) is 1.25. The van der Waals surface area contributed by atoms with E-state index in [2.05, 4.69) is 0 Å². The molecule has 0 unspecified atom stereocenters. The van der Waals surface area contributed by atoms with Crippen LogP contribution < -0.4 is 0 Å². The minimum atomic E-state index is -1.18. The molecule has 0 fully saturated rings. The van der Waals surface area contributed by atoms with E-state index >= 15 is 0 Å². The highest BCUT2D eigenvalue weighted by Crippen LogP contribution is 2.20. The molecule has 0 aliphatic rings. The second-order valence-corrected chi connectivity index (χ2v) is 5.53. The van der Waals surface area contributed by atoms with Crippen molar-refractivity contribution in [1.29, 1.82) is 0 Å². The molecule has 5 heteroatoms. The van der Waals surface area contributed by atoms with Crippen molar-refractivity contribution in [2.24, 2.45) is 0 Å². The molecule has 0 saturated heterocycles. The Morgan fingerprint density at radius 2 is 1.00 bits per heavy atom. The zero-order valence-corrected chi connectivity index (χ0v) is 11.0. The van der Waals surface area contributed by atoms with Gasteiger partial charge in [0.05, 0.1) is 10.8 Å². The van der Waals surface area contributed by atoms with Crippen molar-refractivity contribution in [3.63, 3.8) is 0 Å². The van der Waals surface area contributed by atoms with Crippen LogP contribution >= 0.6 is 23.2 Å². The van der Waals surface area contributed by atoms with Crippen molar-refractivity contribution in [2.45, 2.75) is 9.79 Å². The third-order valence-electron chi connectivity index (χ3n) is 2.06. The van der Waals surface area contributed by atoms with Crippen LogP contribution in [0.4, 0.5) is 0 Å². The second-order valence-electron chi connectivity index (χ2n) is 3.18. The summed E-state index contributed by atoms with van der Waals surface area (Å²) >= 11 is 11.5. The first-order valence-electron chi connectivity index (χ1n) is 4.60. The van der Waals surface area contributed by atoms with Crippen LogP contribution in [0.3, 0.4) is 0 Å². The van der Waals surface area contributed by atoms with Gasteiger partial charge in [0.2, 0.25) is 0 Å². The lowest BCUT2D eigenvalue weighted by molar-refractivity contribution is 0.683. The molecule has 0 radical (unpaired) electrons. The number of halogens is 2. The summed E-state index contributed by atoms with van der Waals surface area (Å²) in [5.74, 6) is 0. The first-order valence-corrected chi connectivity index (χ1v) is 6.50. The summed E-state index contributed by atoms with van der Waals surface area (Å²) in [7, 11) is -1.18. The highest BCUT2D eigenvalue weighted by atomic mass is 35.5. The van der Waals surface area contributed by atoms with Crippen LogP contribution in [0, 0.1) is 0 Å². The molecule has 0 aliphatic carbocycles. The van der Waals surface area contributed by atoms with Gasteiger partial charge in [-0.1, -0.05) is 23.2 Å². The van der Waals surface area contributed by atoms with E-state index in [1.54, 1.807) is 48.5 Å². The van der Waals surface area contributed by atoms with Crippen molar-refractivity contribution in [2.75, 3.05) is 0 Å². The lowest BCUT2D eigenvalue weighted by atomic mass is 10.4. The van der Waals surface area contributed by atoms with Crippen LogP contribution in [0.5, 0.6) is 0 Å². The monoisotopic (exact) mass is 288 g/mol. The van der Waals surface area contributed by atoms with Crippen LogP contribution in [-0.4, -0.2) is 9.69 Å². The maximum Gasteiger partial charge on any atom is 0.0849 e. The van der Waals surface area contributed by atoms with Gasteiger partial charge in [0, 0.05) is 19.8 Å². The van der Waals surface area contributed by atoms with Crippen molar-refractivity contribution < 1.29 is 9.69 Å². The third-order valence-corrected chi connectivity index (χ3v) is 3.96.